The zero-order valence-corrected chi connectivity index (χ0v) is 9.82. The molecule has 98 valence electrons. The molecule has 1 N–H and O–H groups in total. The molecule has 1 saturated heterocycles. The summed E-state index contributed by atoms with van der Waals surface area (Å²) in [6.07, 6.45) is -0.515. The lowest BCUT2D eigenvalue weighted by atomic mass is 10.2. The summed E-state index contributed by atoms with van der Waals surface area (Å²) in [4.78, 5) is 12.4. The highest BCUT2D eigenvalue weighted by Gasteiger charge is 2.39. The Morgan fingerprint density at radius 2 is 2.06 bits per heavy atom. The maximum Gasteiger partial charge on any atom is 0.307 e. The number of carbonyl (C=O) groups is 1. The molecular weight excluding hydrogens is 268 g/mol. The molecule has 0 spiro atoms. The first-order valence-corrected chi connectivity index (χ1v) is 6.46. The van der Waals surface area contributed by atoms with E-state index in [1.165, 1.54) is 0 Å². The van der Waals surface area contributed by atoms with E-state index in [4.69, 9.17) is 5.11 Å². The molecule has 8 heteroatoms. The van der Waals surface area contributed by atoms with Gasteiger partial charge in [-0.15, -0.1) is 3.89 Å². The van der Waals surface area contributed by atoms with Crippen LogP contribution < -0.4 is 4.90 Å². The number of aromatic hydroxyl groups is 1. The number of halogens is 2. The van der Waals surface area contributed by atoms with Gasteiger partial charge in [-0.1, -0.05) is 0 Å². The molecule has 2 rings (SSSR count). The van der Waals surface area contributed by atoms with Gasteiger partial charge in [0.2, 0.25) is 5.91 Å². The van der Waals surface area contributed by atoms with Gasteiger partial charge in [-0.2, -0.15) is 8.42 Å². The van der Waals surface area contributed by atoms with Gasteiger partial charge in [-0.25, -0.2) is 4.39 Å². The highest BCUT2D eigenvalue weighted by Crippen LogP contribution is 2.29. The molecule has 1 fully saturated rings. The molecule has 1 amide bonds. The molecule has 0 aromatic heterocycles. The van der Waals surface area contributed by atoms with E-state index in [-0.39, 0.29) is 11.4 Å². The highest BCUT2D eigenvalue weighted by molar-refractivity contribution is 7.87. The third kappa shape index (κ3) is 2.28. The summed E-state index contributed by atoms with van der Waals surface area (Å²) in [5, 5.41) is 7.55. The highest BCUT2D eigenvalue weighted by atomic mass is 32.3. The van der Waals surface area contributed by atoms with E-state index in [1.807, 2.05) is 0 Å². The normalized spacial score (nSPS) is 20.4. The maximum absolute atomic E-state index is 13.5. The molecule has 18 heavy (non-hydrogen) atoms. The molecule has 1 aromatic carbocycles. The van der Waals surface area contributed by atoms with Crippen molar-refractivity contribution < 1.29 is 26.6 Å². The minimum atomic E-state index is -4.83. The molecule has 1 aliphatic heterocycles. The van der Waals surface area contributed by atoms with E-state index >= 15 is 0 Å². The van der Waals surface area contributed by atoms with Crippen molar-refractivity contribution in [2.75, 3.05) is 11.4 Å². The summed E-state index contributed by atoms with van der Waals surface area (Å²) in [6, 6.07) is 3.08. The molecule has 1 aromatic rings. The molecular formula is C10H9F2NO4S. The van der Waals surface area contributed by atoms with E-state index in [0.29, 0.717) is 0 Å². The smallest absolute Gasteiger partial charge is 0.307 e. The Kier molecular flexibility index (Phi) is 2.97. The van der Waals surface area contributed by atoms with Gasteiger partial charge >= 0.3 is 10.2 Å². The zero-order valence-electron chi connectivity index (χ0n) is 9.01. The van der Waals surface area contributed by atoms with Gasteiger partial charge < -0.3 is 10.0 Å². The van der Waals surface area contributed by atoms with Crippen LogP contribution in [0.25, 0.3) is 0 Å². The SMILES string of the molecule is O=C1CC(S(=O)(=O)F)CN1c1ccc(O)cc1F. The molecule has 1 heterocycles. The predicted octanol–water partition coefficient (Wildman–Crippen LogP) is 0.936. The van der Waals surface area contributed by atoms with Gasteiger partial charge in [0.1, 0.15) is 11.0 Å². The van der Waals surface area contributed by atoms with Crippen LogP contribution in [0, 0.1) is 5.82 Å². The second-order valence-electron chi connectivity index (χ2n) is 3.94. The Labute approximate surface area is 102 Å². The van der Waals surface area contributed by atoms with Crippen molar-refractivity contribution in [1.29, 1.82) is 0 Å². The van der Waals surface area contributed by atoms with Gasteiger partial charge in [0.25, 0.3) is 0 Å². The summed E-state index contributed by atoms with van der Waals surface area (Å²) < 4.78 is 47.7. The fraction of sp³-hybridized carbons (Fsp3) is 0.300. The Hall–Kier alpha value is -1.70. The Morgan fingerprint density at radius 1 is 1.39 bits per heavy atom. The number of phenolic OH excluding ortho intramolecular Hbond substituents is 1. The lowest BCUT2D eigenvalue weighted by Gasteiger charge is -2.16. The topological polar surface area (TPSA) is 74.7 Å². The van der Waals surface area contributed by atoms with E-state index in [9.17, 15) is 21.5 Å². The number of benzene rings is 1. The standard InChI is InChI=1S/C10H9F2NO4S/c11-8-3-6(14)1-2-9(8)13-5-7(4-10(13)15)18(12,16)17/h1-3,7,14H,4-5H2. The van der Waals surface area contributed by atoms with Crippen LogP contribution >= 0.6 is 0 Å². The summed E-state index contributed by atoms with van der Waals surface area (Å²) in [6.45, 7) is -0.431. The molecule has 0 radical (unpaired) electrons. The number of hydrogen-bond acceptors (Lipinski definition) is 4. The van der Waals surface area contributed by atoms with E-state index in [2.05, 4.69) is 0 Å². The van der Waals surface area contributed by atoms with E-state index < -0.39 is 40.2 Å². The number of amides is 1. The second-order valence-corrected chi connectivity index (χ2v) is 5.56. The van der Waals surface area contributed by atoms with Crippen LogP contribution in [-0.4, -0.2) is 31.2 Å². The second kappa shape index (κ2) is 4.20. The van der Waals surface area contributed by atoms with Crippen LogP contribution in [-0.2, 0) is 15.0 Å². The zero-order chi connectivity index (χ0) is 13.5. The first-order chi connectivity index (χ1) is 8.29. The van der Waals surface area contributed by atoms with Gasteiger partial charge in [-0.3, -0.25) is 4.79 Å². The van der Waals surface area contributed by atoms with Gasteiger partial charge in [-0.05, 0) is 12.1 Å². The van der Waals surface area contributed by atoms with Gasteiger partial charge in [0, 0.05) is 19.0 Å². The van der Waals surface area contributed by atoms with E-state index in [1.54, 1.807) is 0 Å². The summed E-state index contributed by atoms with van der Waals surface area (Å²) in [5.74, 6) is -1.87. The molecule has 0 aliphatic carbocycles. The number of anilines is 1. The summed E-state index contributed by atoms with van der Waals surface area (Å²) >= 11 is 0. The van der Waals surface area contributed by atoms with Gasteiger partial charge in [0.05, 0.1) is 5.69 Å². The fourth-order valence-electron chi connectivity index (χ4n) is 1.81. The van der Waals surface area contributed by atoms with E-state index in [0.717, 1.165) is 23.1 Å². The summed E-state index contributed by atoms with van der Waals surface area (Å²) in [5.41, 5.74) is -0.177. The Bertz CT molecular complexity index is 602. The lowest BCUT2D eigenvalue weighted by molar-refractivity contribution is -0.117. The Morgan fingerprint density at radius 3 is 2.56 bits per heavy atom. The predicted molar refractivity (Wildman–Crippen MR) is 58.9 cm³/mol. The van der Waals surface area contributed by atoms with Gasteiger partial charge in [0.15, 0.2) is 5.82 Å². The number of nitrogens with zero attached hydrogens (tertiary/aromatic N) is 1. The summed E-state index contributed by atoms with van der Waals surface area (Å²) in [7, 11) is -4.83. The van der Waals surface area contributed by atoms with Crippen LogP contribution in [0.4, 0.5) is 14.0 Å². The van der Waals surface area contributed by atoms with Crippen LogP contribution in [0.2, 0.25) is 0 Å². The Balaban J connectivity index is 2.33. The first-order valence-electron chi connectivity index (χ1n) is 5.01. The van der Waals surface area contributed by atoms with Crippen LogP contribution in [0.1, 0.15) is 6.42 Å². The average molecular weight is 277 g/mol. The lowest BCUT2D eigenvalue weighted by Crippen LogP contribution is -2.27. The minimum absolute atomic E-state index is 0.177. The molecule has 1 unspecified atom stereocenters. The number of phenols is 1. The van der Waals surface area contributed by atoms with Crippen molar-refractivity contribution in [3.05, 3.63) is 24.0 Å². The van der Waals surface area contributed by atoms with Crippen LogP contribution in [0.15, 0.2) is 18.2 Å². The largest absolute Gasteiger partial charge is 0.508 e. The minimum Gasteiger partial charge on any atom is -0.508 e. The van der Waals surface area contributed by atoms with Crippen molar-refractivity contribution in [3.63, 3.8) is 0 Å². The molecule has 0 bridgehead atoms. The van der Waals surface area contributed by atoms with Crippen LogP contribution in [0.3, 0.4) is 0 Å². The molecule has 0 saturated carbocycles. The van der Waals surface area contributed by atoms with Crippen molar-refractivity contribution in [1.82, 2.24) is 0 Å². The third-order valence-corrected chi connectivity index (χ3v) is 3.82. The van der Waals surface area contributed by atoms with Crippen LogP contribution in [0.5, 0.6) is 5.75 Å². The van der Waals surface area contributed by atoms with Crippen molar-refractivity contribution >= 4 is 21.8 Å². The number of rotatable bonds is 2. The van der Waals surface area contributed by atoms with Crippen molar-refractivity contribution in [2.24, 2.45) is 0 Å². The number of carbonyl (C=O) groups excluding carboxylic acids is 1. The van der Waals surface area contributed by atoms with Crippen molar-refractivity contribution in [2.45, 2.75) is 11.7 Å². The quantitative estimate of drug-likeness (QED) is 0.816. The number of hydrogen-bond donors (Lipinski definition) is 1. The maximum atomic E-state index is 13.5. The molecule has 5 nitrogen and oxygen atoms in total. The molecule has 1 atom stereocenters. The molecule has 1 aliphatic rings. The third-order valence-electron chi connectivity index (χ3n) is 2.71. The monoisotopic (exact) mass is 277 g/mol. The van der Waals surface area contributed by atoms with Crippen molar-refractivity contribution in [3.8, 4) is 5.75 Å². The fourth-order valence-corrected chi connectivity index (χ4v) is 2.48. The first kappa shape index (κ1) is 12.7. The average Bonchev–Trinajstić information content (AvgIpc) is 2.60.